The third-order valence-electron chi connectivity index (χ3n) is 2.36. The molecule has 0 heterocycles. The largest absolute Gasteiger partial charge is 0.468 e. The fraction of sp³-hybridized carbons (Fsp3) is 0.417. The van der Waals surface area contributed by atoms with Crippen LogP contribution in [0.1, 0.15) is 11.1 Å². The molecule has 0 saturated heterocycles. The van der Waals surface area contributed by atoms with E-state index in [0.717, 1.165) is 0 Å². The normalized spacial score (nSPS) is 12.2. The van der Waals surface area contributed by atoms with Crippen molar-refractivity contribution in [3.63, 3.8) is 0 Å². The first kappa shape index (κ1) is 13.0. The predicted molar refractivity (Wildman–Crippen MR) is 64.5 cm³/mol. The minimum atomic E-state index is -0.631. The van der Waals surface area contributed by atoms with Crippen molar-refractivity contribution in [2.75, 3.05) is 13.7 Å². The smallest absolute Gasteiger partial charge is 0.325 e. The second-order valence-corrected chi connectivity index (χ2v) is 4.07. The number of nitrogens with one attached hydrogen (secondary N) is 1. The summed E-state index contributed by atoms with van der Waals surface area (Å²) in [5.41, 5.74) is 2.43. The molecule has 1 atom stereocenters. The van der Waals surface area contributed by atoms with Gasteiger partial charge in [-0.3, -0.25) is 4.79 Å². The van der Waals surface area contributed by atoms with E-state index in [9.17, 15) is 4.79 Å². The van der Waals surface area contributed by atoms with E-state index in [0.29, 0.717) is 13.1 Å². The molecular formula is C12H16ClNO2. The van der Waals surface area contributed by atoms with E-state index in [1.807, 2.05) is 18.2 Å². The van der Waals surface area contributed by atoms with Crippen LogP contribution in [0.2, 0.25) is 0 Å². The van der Waals surface area contributed by atoms with Gasteiger partial charge in [0.05, 0.1) is 7.11 Å². The van der Waals surface area contributed by atoms with Crippen LogP contribution in [-0.2, 0) is 16.1 Å². The zero-order valence-corrected chi connectivity index (χ0v) is 10.3. The molecule has 1 aromatic carbocycles. The summed E-state index contributed by atoms with van der Waals surface area (Å²) in [6, 6.07) is 8.08. The van der Waals surface area contributed by atoms with Crippen molar-refractivity contribution in [2.45, 2.75) is 18.8 Å². The minimum Gasteiger partial charge on any atom is -0.468 e. The Hall–Kier alpha value is -1.06. The van der Waals surface area contributed by atoms with Gasteiger partial charge in [-0.05, 0) is 18.1 Å². The number of carbonyl (C=O) groups excluding carboxylic acids is 1. The highest BCUT2D eigenvalue weighted by Gasteiger charge is 2.14. The van der Waals surface area contributed by atoms with E-state index < -0.39 is 11.3 Å². The van der Waals surface area contributed by atoms with E-state index in [1.54, 1.807) is 0 Å². The van der Waals surface area contributed by atoms with E-state index in [2.05, 4.69) is 23.0 Å². The standard InChI is InChI=1S/C12H16ClNO2/c1-9-5-3-4-6-10(9)7-14-8-11(13)12(15)16-2/h3-6,11,14H,7-8H2,1-2H3. The van der Waals surface area contributed by atoms with Gasteiger partial charge < -0.3 is 10.1 Å². The SMILES string of the molecule is COC(=O)C(Cl)CNCc1ccccc1C. The summed E-state index contributed by atoms with van der Waals surface area (Å²) in [6.45, 7) is 3.16. The molecule has 3 nitrogen and oxygen atoms in total. The average Bonchev–Trinajstić information content (AvgIpc) is 2.30. The molecule has 0 aliphatic carbocycles. The number of hydrogen-bond donors (Lipinski definition) is 1. The molecule has 1 rings (SSSR count). The van der Waals surface area contributed by atoms with Crippen LogP contribution in [0, 0.1) is 6.92 Å². The number of rotatable bonds is 5. The Labute approximate surface area is 101 Å². The fourth-order valence-electron chi connectivity index (χ4n) is 1.35. The van der Waals surface area contributed by atoms with Crippen molar-refractivity contribution in [1.29, 1.82) is 0 Å². The molecule has 0 aliphatic rings. The highest BCUT2D eigenvalue weighted by molar-refractivity contribution is 6.30. The van der Waals surface area contributed by atoms with Crippen LogP contribution in [0.5, 0.6) is 0 Å². The van der Waals surface area contributed by atoms with Gasteiger partial charge in [-0.15, -0.1) is 11.6 Å². The lowest BCUT2D eigenvalue weighted by Gasteiger charge is -2.10. The van der Waals surface area contributed by atoms with Gasteiger partial charge in [0, 0.05) is 13.1 Å². The Morgan fingerprint density at radius 1 is 1.50 bits per heavy atom. The molecule has 0 amide bonds. The van der Waals surface area contributed by atoms with Crippen molar-refractivity contribution in [3.8, 4) is 0 Å². The van der Waals surface area contributed by atoms with Gasteiger partial charge in [-0.1, -0.05) is 24.3 Å². The number of halogens is 1. The summed E-state index contributed by atoms with van der Waals surface area (Å²) in [4.78, 5) is 11.0. The highest BCUT2D eigenvalue weighted by Crippen LogP contribution is 2.06. The van der Waals surface area contributed by atoms with Gasteiger partial charge >= 0.3 is 5.97 Å². The van der Waals surface area contributed by atoms with Crippen LogP contribution in [0.4, 0.5) is 0 Å². The van der Waals surface area contributed by atoms with Crippen molar-refractivity contribution in [2.24, 2.45) is 0 Å². The lowest BCUT2D eigenvalue weighted by Crippen LogP contribution is -2.29. The summed E-state index contributed by atoms with van der Waals surface area (Å²) in [5.74, 6) is -0.404. The molecule has 0 fully saturated rings. The summed E-state index contributed by atoms with van der Waals surface area (Å²) in [6.07, 6.45) is 0. The number of methoxy groups -OCH3 is 1. The number of ether oxygens (including phenoxy) is 1. The quantitative estimate of drug-likeness (QED) is 0.632. The van der Waals surface area contributed by atoms with Crippen LogP contribution in [0.15, 0.2) is 24.3 Å². The number of hydrogen-bond acceptors (Lipinski definition) is 3. The van der Waals surface area contributed by atoms with Crippen molar-refractivity contribution < 1.29 is 9.53 Å². The maximum Gasteiger partial charge on any atom is 0.325 e. The van der Waals surface area contributed by atoms with Crippen molar-refractivity contribution in [3.05, 3.63) is 35.4 Å². The zero-order valence-electron chi connectivity index (χ0n) is 9.50. The minimum absolute atomic E-state index is 0.404. The van der Waals surface area contributed by atoms with Crippen LogP contribution >= 0.6 is 11.6 Å². The number of alkyl halides is 1. The van der Waals surface area contributed by atoms with E-state index in [4.69, 9.17) is 11.6 Å². The molecule has 0 aromatic heterocycles. The first-order valence-electron chi connectivity index (χ1n) is 5.12. The Kier molecular flexibility index (Phi) is 5.29. The van der Waals surface area contributed by atoms with Crippen molar-refractivity contribution >= 4 is 17.6 Å². The van der Waals surface area contributed by atoms with Gasteiger partial charge in [0.15, 0.2) is 0 Å². The van der Waals surface area contributed by atoms with E-state index in [1.165, 1.54) is 18.2 Å². The molecule has 0 aliphatic heterocycles. The highest BCUT2D eigenvalue weighted by atomic mass is 35.5. The number of benzene rings is 1. The van der Waals surface area contributed by atoms with E-state index >= 15 is 0 Å². The van der Waals surface area contributed by atoms with Crippen LogP contribution in [-0.4, -0.2) is 25.0 Å². The number of aryl methyl sites for hydroxylation is 1. The Morgan fingerprint density at radius 3 is 2.81 bits per heavy atom. The molecular weight excluding hydrogens is 226 g/mol. The molecule has 16 heavy (non-hydrogen) atoms. The molecule has 0 saturated carbocycles. The summed E-state index contributed by atoms with van der Waals surface area (Å²) >= 11 is 5.80. The second-order valence-electron chi connectivity index (χ2n) is 3.55. The van der Waals surface area contributed by atoms with Crippen LogP contribution in [0.3, 0.4) is 0 Å². The van der Waals surface area contributed by atoms with Crippen LogP contribution < -0.4 is 5.32 Å². The van der Waals surface area contributed by atoms with Gasteiger partial charge in [0.25, 0.3) is 0 Å². The summed E-state index contributed by atoms with van der Waals surface area (Å²) in [7, 11) is 1.33. The van der Waals surface area contributed by atoms with Crippen molar-refractivity contribution in [1.82, 2.24) is 5.32 Å². The first-order valence-corrected chi connectivity index (χ1v) is 5.56. The maximum atomic E-state index is 11.0. The number of carbonyl (C=O) groups is 1. The molecule has 1 unspecified atom stereocenters. The second kappa shape index (κ2) is 6.51. The molecule has 1 aromatic rings. The van der Waals surface area contributed by atoms with Crippen LogP contribution in [0.25, 0.3) is 0 Å². The lowest BCUT2D eigenvalue weighted by atomic mass is 10.1. The zero-order chi connectivity index (χ0) is 12.0. The van der Waals surface area contributed by atoms with Gasteiger partial charge in [-0.25, -0.2) is 0 Å². The first-order chi connectivity index (χ1) is 7.65. The number of esters is 1. The third kappa shape index (κ3) is 3.83. The Bertz CT molecular complexity index is 355. The van der Waals surface area contributed by atoms with Gasteiger partial charge in [-0.2, -0.15) is 0 Å². The lowest BCUT2D eigenvalue weighted by molar-refractivity contribution is -0.140. The molecule has 0 bridgehead atoms. The fourth-order valence-corrected chi connectivity index (χ4v) is 1.55. The van der Waals surface area contributed by atoms with Gasteiger partial charge in [0.2, 0.25) is 0 Å². The maximum absolute atomic E-state index is 11.0. The average molecular weight is 242 g/mol. The molecule has 88 valence electrons. The molecule has 0 radical (unpaired) electrons. The Morgan fingerprint density at radius 2 is 2.19 bits per heavy atom. The molecule has 4 heteroatoms. The third-order valence-corrected chi connectivity index (χ3v) is 2.69. The Balaban J connectivity index is 2.36. The predicted octanol–water partition coefficient (Wildman–Crippen LogP) is 1.87. The summed E-state index contributed by atoms with van der Waals surface area (Å²) < 4.78 is 4.53. The monoisotopic (exact) mass is 241 g/mol. The van der Waals surface area contributed by atoms with Gasteiger partial charge in [0.1, 0.15) is 5.38 Å². The topological polar surface area (TPSA) is 38.3 Å². The molecule has 0 spiro atoms. The molecule has 1 N–H and O–H groups in total. The van der Waals surface area contributed by atoms with E-state index in [-0.39, 0.29) is 0 Å². The summed E-state index contributed by atoms with van der Waals surface area (Å²) in [5, 5.41) is 2.49.